The maximum Gasteiger partial charge on any atom is 0.417 e. The van der Waals surface area contributed by atoms with Gasteiger partial charge in [0.05, 0.1) is 22.0 Å². The van der Waals surface area contributed by atoms with Gasteiger partial charge in [-0.25, -0.2) is 8.42 Å². The summed E-state index contributed by atoms with van der Waals surface area (Å²) in [6, 6.07) is 2.53. The molecule has 0 spiro atoms. The third-order valence-electron chi connectivity index (χ3n) is 4.02. The van der Waals surface area contributed by atoms with Crippen LogP contribution in [0, 0.1) is 0 Å². The van der Waals surface area contributed by atoms with Gasteiger partial charge in [0, 0.05) is 32.7 Å². The molecule has 2 rings (SSSR count). The van der Waals surface area contributed by atoms with Gasteiger partial charge in [0.1, 0.15) is 0 Å². The summed E-state index contributed by atoms with van der Waals surface area (Å²) in [5.74, 6) is -0.210. The molecule has 0 aliphatic carbocycles. The minimum absolute atomic E-state index is 0.0705. The molecule has 1 fully saturated rings. The summed E-state index contributed by atoms with van der Waals surface area (Å²) in [5, 5.41) is 2.06. The molecule has 0 saturated carbocycles. The molecule has 1 amide bonds. The number of piperazine rings is 1. The minimum atomic E-state index is -4.75. The Balaban J connectivity index is 2.07. The number of halogens is 4. The summed E-state index contributed by atoms with van der Waals surface area (Å²) in [6.07, 6.45) is -3.20. The molecule has 1 saturated heterocycles. The van der Waals surface area contributed by atoms with Crippen molar-refractivity contribution in [3.05, 3.63) is 41.4 Å². The second kappa shape index (κ2) is 8.59. The van der Waals surface area contributed by atoms with E-state index in [1.807, 2.05) is 0 Å². The van der Waals surface area contributed by atoms with Crippen LogP contribution in [0.25, 0.3) is 0 Å². The lowest BCUT2D eigenvalue weighted by Crippen LogP contribution is -2.51. The molecule has 150 valence electrons. The quantitative estimate of drug-likeness (QED) is 0.707. The zero-order valence-corrected chi connectivity index (χ0v) is 15.9. The topological polar surface area (TPSA) is 69.7 Å². The molecule has 1 N–H and O–H groups in total. The monoisotopic (exact) mass is 425 g/mol. The number of hydrogen-bond donors (Lipinski definition) is 1. The summed E-state index contributed by atoms with van der Waals surface area (Å²) in [6.45, 7) is 4.67. The first-order valence-electron chi connectivity index (χ1n) is 8.02. The minimum Gasteiger partial charge on any atom is -0.352 e. The first-order valence-corrected chi connectivity index (χ1v) is 9.84. The van der Waals surface area contributed by atoms with Crippen molar-refractivity contribution in [2.75, 3.05) is 39.3 Å². The summed E-state index contributed by atoms with van der Waals surface area (Å²) < 4.78 is 65.3. The number of alkyl halides is 3. The van der Waals surface area contributed by atoms with Gasteiger partial charge in [-0.3, -0.25) is 9.69 Å². The zero-order chi connectivity index (χ0) is 20.2. The molecular weight excluding hydrogens is 407 g/mol. The molecule has 0 aromatic heterocycles. The highest BCUT2D eigenvalue weighted by molar-refractivity contribution is 7.89. The SMILES string of the molecule is C=CCNC(=O)CN1CCN(S(=O)(=O)c2ccc(Cl)c(C(F)(F)F)c2)CC1. The molecule has 1 heterocycles. The van der Waals surface area contributed by atoms with E-state index in [1.165, 1.54) is 0 Å². The first-order chi connectivity index (χ1) is 12.6. The average molecular weight is 426 g/mol. The van der Waals surface area contributed by atoms with Crippen molar-refractivity contribution in [3.63, 3.8) is 0 Å². The molecule has 0 radical (unpaired) electrons. The van der Waals surface area contributed by atoms with E-state index in [2.05, 4.69) is 11.9 Å². The van der Waals surface area contributed by atoms with Crippen LogP contribution < -0.4 is 5.32 Å². The Labute approximate surface area is 160 Å². The van der Waals surface area contributed by atoms with Crippen LogP contribution in [0.1, 0.15) is 5.56 Å². The fourth-order valence-corrected chi connectivity index (χ4v) is 4.28. The fourth-order valence-electron chi connectivity index (χ4n) is 2.60. The number of benzene rings is 1. The Bertz CT molecular complexity index is 807. The van der Waals surface area contributed by atoms with Gasteiger partial charge >= 0.3 is 6.18 Å². The van der Waals surface area contributed by atoms with Crippen molar-refractivity contribution in [1.29, 1.82) is 0 Å². The van der Waals surface area contributed by atoms with Crippen LogP contribution in [0.3, 0.4) is 0 Å². The third-order valence-corrected chi connectivity index (χ3v) is 6.25. The number of nitrogens with zero attached hydrogens (tertiary/aromatic N) is 2. The third kappa shape index (κ3) is 5.44. The lowest BCUT2D eigenvalue weighted by atomic mass is 10.2. The smallest absolute Gasteiger partial charge is 0.352 e. The first kappa shape index (κ1) is 21.7. The summed E-state index contributed by atoms with van der Waals surface area (Å²) in [4.78, 5) is 13.0. The van der Waals surface area contributed by atoms with Gasteiger partial charge in [0.2, 0.25) is 15.9 Å². The molecule has 1 aliphatic rings. The predicted molar refractivity (Wildman–Crippen MR) is 94.9 cm³/mol. The van der Waals surface area contributed by atoms with E-state index < -0.39 is 31.7 Å². The number of carbonyl (C=O) groups excluding carboxylic acids is 1. The van der Waals surface area contributed by atoms with Crippen molar-refractivity contribution >= 4 is 27.5 Å². The van der Waals surface area contributed by atoms with Crippen LogP contribution >= 0.6 is 11.6 Å². The van der Waals surface area contributed by atoms with E-state index in [0.29, 0.717) is 25.7 Å². The Hall–Kier alpha value is -1.62. The Morgan fingerprint density at radius 2 is 1.89 bits per heavy atom. The number of sulfonamides is 1. The highest BCUT2D eigenvalue weighted by atomic mass is 35.5. The van der Waals surface area contributed by atoms with Gasteiger partial charge in [-0.05, 0) is 18.2 Å². The van der Waals surface area contributed by atoms with Crippen molar-refractivity contribution in [2.24, 2.45) is 0 Å². The fraction of sp³-hybridized carbons (Fsp3) is 0.438. The molecule has 1 aromatic carbocycles. The molecule has 6 nitrogen and oxygen atoms in total. The molecule has 11 heteroatoms. The zero-order valence-electron chi connectivity index (χ0n) is 14.3. The molecule has 1 aromatic rings. The second-order valence-electron chi connectivity index (χ2n) is 5.91. The molecule has 27 heavy (non-hydrogen) atoms. The van der Waals surface area contributed by atoms with E-state index in [9.17, 15) is 26.4 Å². The Morgan fingerprint density at radius 3 is 2.44 bits per heavy atom. The van der Waals surface area contributed by atoms with Crippen LogP contribution in [0.4, 0.5) is 13.2 Å². The normalized spacial score (nSPS) is 16.9. The maximum atomic E-state index is 13.0. The lowest BCUT2D eigenvalue weighted by molar-refractivity contribution is -0.137. The van der Waals surface area contributed by atoms with Crippen LogP contribution in [0.2, 0.25) is 5.02 Å². The van der Waals surface area contributed by atoms with Gasteiger partial charge in [0.25, 0.3) is 0 Å². The van der Waals surface area contributed by atoms with E-state index in [4.69, 9.17) is 11.6 Å². The second-order valence-corrected chi connectivity index (χ2v) is 8.26. The number of rotatable bonds is 6. The Kier molecular flexibility index (Phi) is 6.90. The van der Waals surface area contributed by atoms with Gasteiger partial charge in [-0.15, -0.1) is 6.58 Å². The van der Waals surface area contributed by atoms with Gasteiger partial charge in [-0.1, -0.05) is 17.7 Å². The molecule has 0 atom stereocenters. The van der Waals surface area contributed by atoms with Crippen LogP contribution in [-0.2, 0) is 21.0 Å². The van der Waals surface area contributed by atoms with Crippen LogP contribution in [0.15, 0.2) is 35.7 Å². The highest BCUT2D eigenvalue weighted by Crippen LogP contribution is 2.36. The van der Waals surface area contributed by atoms with Gasteiger partial charge in [0.15, 0.2) is 0 Å². The van der Waals surface area contributed by atoms with Gasteiger partial charge in [-0.2, -0.15) is 17.5 Å². The largest absolute Gasteiger partial charge is 0.417 e. The number of hydrogen-bond acceptors (Lipinski definition) is 4. The number of amides is 1. The van der Waals surface area contributed by atoms with Crippen LogP contribution in [-0.4, -0.2) is 62.8 Å². The van der Waals surface area contributed by atoms with Crippen LogP contribution in [0.5, 0.6) is 0 Å². The number of carbonyl (C=O) groups is 1. The molecule has 0 unspecified atom stereocenters. The van der Waals surface area contributed by atoms with E-state index in [1.54, 1.807) is 11.0 Å². The Morgan fingerprint density at radius 1 is 1.26 bits per heavy atom. The standard InChI is InChI=1S/C16H19ClF3N3O3S/c1-2-5-21-15(24)11-22-6-8-23(9-7-22)27(25,26)12-3-4-14(17)13(10-12)16(18,19)20/h2-4,10H,1,5-9,11H2,(H,21,24). The highest BCUT2D eigenvalue weighted by Gasteiger charge is 2.36. The lowest BCUT2D eigenvalue weighted by Gasteiger charge is -2.33. The van der Waals surface area contributed by atoms with Crippen molar-refractivity contribution in [1.82, 2.24) is 14.5 Å². The molecule has 1 aliphatic heterocycles. The van der Waals surface area contributed by atoms with Crippen molar-refractivity contribution < 1.29 is 26.4 Å². The van der Waals surface area contributed by atoms with Crippen molar-refractivity contribution in [2.45, 2.75) is 11.1 Å². The summed E-state index contributed by atoms with van der Waals surface area (Å²) in [7, 11) is -4.09. The maximum absolute atomic E-state index is 13.0. The molecular formula is C16H19ClF3N3O3S. The predicted octanol–water partition coefficient (Wildman–Crippen LogP) is 1.97. The summed E-state index contributed by atoms with van der Waals surface area (Å²) >= 11 is 5.54. The molecule has 0 bridgehead atoms. The van der Waals surface area contributed by atoms with Gasteiger partial charge < -0.3 is 5.32 Å². The summed E-state index contributed by atoms with van der Waals surface area (Å²) in [5.41, 5.74) is -1.19. The average Bonchev–Trinajstić information content (AvgIpc) is 2.59. The van der Waals surface area contributed by atoms with E-state index >= 15 is 0 Å². The van der Waals surface area contributed by atoms with Crippen molar-refractivity contribution in [3.8, 4) is 0 Å². The van der Waals surface area contributed by atoms with E-state index in [-0.39, 0.29) is 25.5 Å². The number of nitrogens with one attached hydrogen (secondary N) is 1. The van der Waals surface area contributed by atoms with E-state index in [0.717, 1.165) is 16.4 Å².